The van der Waals surface area contributed by atoms with Crippen LogP contribution in [0.15, 0.2) is 65.7 Å². The van der Waals surface area contributed by atoms with Crippen molar-refractivity contribution in [3.63, 3.8) is 0 Å². The molecular weight excluding hydrogens is 445 g/mol. The molecule has 0 aliphatic carbocycles. The molecule has 1 N–H and O–H groups in total. The van der Waals surface area contributed by atoms with Crippen LogP contribution in [0.5, 0.6) is 5.75 Å². The molecule has 33 heavy (non-hydrogen) atoms. The molecule has 0 unspecified atom stereocenters. The number of pyridine rings is 1. The van der Waals surface area contributed by atoms with E-state index in [1.165, 1.54) is 12.1 Å². The van der Waals surface area contributed by atoms with Crippen molar-refractivity contribution in [1.29, 1.82) is 0 Å². The van der Waals surface area contributed by atoms with Crippen molar-refractivity contribution in [2.24, 2.45) is 0 Å². The molecule has 4 aromatic rings. The molecule has 4 heterocycles. The van der Waals surface area contributed by atoms with E-state index in [1.807, 2.05) is 29.0 Å². The van der Waals surface area contributed by atoms with Crippen LogP contribution in [0.25, 0.3) is 16.6 Å². The summed E-state index contributed by atoms with van der Waals surface area (Å²) in [5, 5.41) is 1.35. The molecule has 1 spiro atoms. The van der Waals surface area contributed by atoms with Gasteiger partial charge in [-0.2, -0.15) is 0 Å². The van der Waals surface area contributed by atoms with Crippen LogP contribution >= 0.6 is 11.6 Å². The van der Waals surface area contributed by atoms with Crippen molar-refractivity contribution in [2.75, 3.05) is 19.8 Å². The zero-order valence-electron chi connectivity index (χ0n) is 17.7. The van der Waals surface area contributed by atoms with Gasteiger partial charge in [0.25, 0.3) is 0 Å². The van der Waals surface area contributed by atoms with Crippen molar-refractivity contribution < 1.29 is 13.9 Å². The Balaban J connectivity index is 1.41. The van der Waals surface area contributed by atoms with E-state index < -0.39 is 0 Å². The molecule has 2 aliphatic heterocycles. The highest BCUT2D eigenvalue weighted by atomic mass is 35.5. The summed E-state index contributed by atoms with van der Waals surface area (Å²) in [7, 11) is 0. The van der Waals surface area contributed by atoms with Gasteiger partial charge in [0, 0.05) is 48.2 Å². The molecule has 2 aromatic heterocycles. The predicted molar refractivity (Wildman–Crippen MR) is 124 cm³/mol. The summed E-state index contributed by atoms with van der Waals surface area (Å²) in [6.07, 6.45) is 3.58. The van der Waals surface area contributed by atoms with Crippen LogP contribution < -0.4 is 10.3 Å². The van der Waals surface area contributed by atoms with Crippen LogP contribution in [0.3, 0.4) is 0 Å². The standard InChI is InChI=1S/C25H21ClFN3O3/c26-21-10-20(30-6-4-17-8-19(27)1-2-22(17)30)9-18-12-29(11-16-3-5-28-23(31)7-16)25(13-32-14-25)15-33-24(18)21/h1-10H,11-15H2,(H,28,31). The molecule has 0 atom stereocenters. The van der Waals surface area contributed by atoms with Gasteiger partial charge < -0.3 is 19.0 Å². The third kappa shape index (κ3) is 3.53. The minimum Gasteiger partial charge on any atom is -0.490 e. The first kappa shape index (κ1) is 20.5. The molecule has 0 amide bonds. The highest BCUT2D eigenvalue weighted by molar-refractivity contribution is 6.32. The average molecular weight is 466 g/mol. The molecule has 8 heteroatoms. The molecule has 0 bridgehead atoms. The molecule has 0 saturated carbocycles. The van der Waals surface area contributed by atoms with Gasteiger partial charge in [-0.25, -0.2) is 4.39 Å². The first-order chi connectivity index (χ1) is 16.0. The van der Waals surface area contributed by atoms with Crippen molar-refractivity contribution in [2.45, 2.75) is 18.6 Å². The number of hydrogen-bond acceptors (Lipinski definition) is 4. The second-order valence-corrected chi connectivity index (χ2v) is 9.13. The molecule has 1 fully saturated rings. The number of nitrogens with one attached hydrogen (secondary N) is 1. The summed E-state index contributed by atoms with van der Waals surface area (Å²) in [6, 6.07) is 14.1. The zero-order chi connectivity index (χ0) is 22.6. The summed E-state index contributed by atoms with van der Waals surface area (Å²) >= 11 is 6.70. The number of rotatable bonds is 3. The number of hydrogen-bond donors (Lipinski definition) is 1. The van der Waals surface area contributed by atoms with Gasteiger partial charge in [0.15, 0.2) is 0 Å². The van der Waals surface area contributed by atoms with Crippen LogP contribution in [0, 0.1) is 5.82 Å². The van der Waals surface area contributed by atoms with Gasteiger partial charge in [0.05, 0.1) is 23.8 Å². The number of halogens is 2. The monoisotopic (exact) mass is 465 g/mol. The Morgan fingerprint density at radius 1 is 1.09 bits per heavy atom. The van der Waals surface area contributed by atoms with E-state index in [4.69, 9.17) is 21.1 Å². The molecule has 1 saturated heterocycles. The fourth-order valence-electron chi connectivity index (χ4n) is 4.70. The quantitative estimate of drug-likeness (QED) is 0.491. The van der Waals surface area contributed by atoms with E-state index in [0.717, 1.165) is 27.7 Å². The molecule has 6 nitrogen and oxygen atoms in total. The molecule has 2 aliphatic rings. The number of aromatic nitrogens is 2. The van der Waals surface area contributed by atoms with Crippen molar-refractivity contribution >= 4 is 22.5 Å². The topological polar surface area (TPSA) is 59.5 Å². The largest absolute Gasteiger partial charge is 0.490 e. The summed E-state index contributed by atoms with van der Waals surface area (Å²) < 4.78 is 27.5. The SMILES string of the molecule is O=c1cc(CN2Cc3cc(-n4ccc5cc(F)ccc54)cc(Cl)c3OCC23COC3)cc[nH]1. The highest BCUT2D eigenvalue weighted by Crippen LogP contribution is 2.40. The van der Waals surface area contributed by atoms with Gasteiger partial charge >= 0.3 is 0 Å². The van der Waals surface area contributed by atoms with E-state index in [2.05, 4.69) is 16.0 Å². The lowest BCUT2D eigenvalue weighted by molar-refractivity contribution is -0.158. The van der Waals surface area contributed by atoms with E-state index in [-0.39, 0.29) is 16.9 Å². The van der Waals surface area contributed by atoms with Gasteiger partial charge in [-0.1, -0.05) is 11.6 Å². The maximum atomic E-state index is 13.7. The van der Waals surface area contributed by atoms with Crippen molar-refractivity contribution in [3.8, 4) is 11.4 Å². The number of nitrogens with zero attached hydrogens (tertiary/aromatic N) is 2. The summed E-state index contributed by atoms with van der Waals surface area (Å²) in [5.41, 5.74) is 3.25. The van der Waals surface area contributed by atoms with Crippen molar-refractivity contribution in [3.05, 3.63) is 93.2 Å². The lowest BCUT2D eigenvalue weighted by Crippen LogP contribution is -2.64. The smallest absolute Gasteiger partial charge is 0.248 e. The van der Waals surface area contributed by atoms with Gasteiger partial charge in [0.2, 0.25) is 5.56 Å². The highest BCUT2D eigenvalue weighted by Gasteiger charge is 2.47. The maximum Gasteiger partial charge on any atom is 0.248 e. The van der Waals surface area contributed by atoms with Crippen LogP contribution in [0.4, 0.5) is 4.39 Å². The Kier molecular flexibility index (Phi) is 4.79. The first-order valence-electron chi connectivity index (χ1n) is 10.7. The Hall–Kier alpha value is -3.13. The Labute approximate surface area is 194 Å². The fraction of sp³-hybridized carbons (Fsp3) is 0.240. The Bertz CT molecular complexity index is 1430. The van der Waals surface area contributed by atoms with Crippen LogP contribution in [0.2, 0.25) is 5.02 Å². The second-order valence-electron chi connectivity index (χ2n) is 8.73. The number of aromatic amines is 1. The minimum atomic E-state index is -0.275. The molecule has 6 rings (SSSR count). The third-order valence-electron chi connectivity index (χ3n) is 6.51. The lowest BCUT2D eigenvalue weighted by atomic mass is 9.95. The molecule has 0 radical (unpaired) electrons. The van der Waals surface area contributed by atoms with Crippen LogP contribution in [0.1, 0.15) is 11.1 Å². The summed E-state index contributed by atoms with van der Waals surface area (Å²) in [6.45, 7) is 2.75. The molecule has 2 aromatic carbocycles. The average Bonchev–Trinajstić information content (AvgIpc) is 3.08. The second kappa shape index (κ2) is 7.73. The number of H-pyrrole nitrogens is 1. The first-order valence-corrected chi connectivity index (χ1v) is 11.1. The maximum absolute atomic E-state index is 13.7. The fourth-order valence-corrected chi connectivity index (χ4v) is 4.98. The Morgan fingerprint density at radius 3 is 2.76 bits per heavy atom. The summed E-state index contributed by atoms with van der Waals surface area (Å²) in [4.78, 5) is 16.8. The zero-order valence-corrected chi connectivity index (χ0v) is 18.4. The number of ether oxygens (including phenoxy) is 2. The normalized spacial score (nSPS) is 17.4. The Morgan fingerprint density at radius 2 is 1.97 bits per heavy atom. The third-order valence-corrected chi connectivity index (χ3v) is 6.79. The number of fused-ring (bicyclic) bond motifs is 2. The molecular formula is C25H21ClFN3O3. The van der Waals surface area contributed by atoms with E-state index in [9.17, 15) is 9.18 Å². The van der Waals surface area contributed by atoms with Crippen LogP contribution in [-0.2, 0) is 17.8 Å². The minimum absolute atomic E-state index is 0.126. The van der Waals surface area contributed by atoms with E-state index in [0.29, 0.717) is 43.7 Å². The van der Waals surface area contributed by atoms with Crippen molar-refractivity contribution in [1.82, 2.24) is 14.5 Å². The van der Waals surface area contributed by atoms with E-state index >= 15 is 0 Å². The number of benzene rings is 2. The van der Waals surface area contributed by atoms with E-state index in [1.54, 1.807) is 18.3 Å². The van der Waals surface area contributed by atoms with Gasteiger partial charge in [-0.15, -0.1) is 0 Å². The van der Waals surface area contributed by atoms with Gasteiger partial charge in [0.1, 0.15) is 23.7 Å². The van der Waals surface area contributed by atoms with Crippen LogP contribution in [-0.4, -0.2) is 39.8 Å². The summed E-state index contributed by atoms with van der Waals surface area (Å²) in [5.74, 6) is 0.402. The van der Waals surface area contributed by atoms with Gasteiger partial charge in [-0.05, 0) is 48.0 Å². The lowest BCUT2D eigenvalue weighted by Gasteiger charge is -2.47. The molecule has 168 valence electrons. The predicted octanol–water partition coefficient (Wildman–Crippen LogP) is 4.27. The van der Waals surface area contributed by atoms with Gasteiger partial charge in [-0.3, -0.25) is 9.69 Å².